The summed E-state index contributed by atoms with van der Waals surface area (Å²) in [4.78, 5) is 10.5. The van der Waals surface area contributed by atoms with Gasteiger partial charge in [0.2, 0.25) is 0 Å². The van der Waals surface area contributed by atoms with Gasteiger partial charge in [0, 0.05) is 13.0 Å². The Morgan fingerprint density at radius 3 is 2.50 bits per heavy atom. The van der Waals surface area contributed by atoms with Gasteiger partial charge in [-0.2, -0.15) is 0 Å². The van der Waals surface area contributed by atoms with E-state index >= 15 is 0 Å². The highest BCUT2D eigenvalue weighted by molar-refractivity contribution is 5.66. The van der Waals surface area contributed by atoms with Crippen molar-refractivity contribution in [2.75, 3.05) is 0 Å². The highest BCUT2D eigenvalue weighted by atomic mass is 16.4. The summed E-state index contributed by atoms with van der Waals surface area (Å²) in [5.74, 6) is 0.849. The third-order valence-electron chi connectivity index (χ3n) is 2.25. The molecule has 0 spiro atoms. The number of carbonyl (C=O) groups is 1. The Bertz CT molecular complexity index is 377. The fourth-order valence-electron chi connectivity index (χ4n) is 1.53. The summed E-state index contributed by atoms with van der Waals surface area (Å²) in [5, 5.41) is 16.8. The maximum atomic E-state index is 10.5. The van der Waals surface area contributed by atoms with E-state index in [2.05, 4.69) is 31.0 Å². The second kappa shape index (κ2) is 4.63. The number of nitrogens with zero attached hydrogens (tertiary/aromatic N) is 3. The lowest BCUT2D eigenvalue weighted by atomic mass is 9.92. The van der Waals surface area contributed by atoms with Crippen molar-refractivity contribution >= 4 is 5.97 Å². The maximum Gasteiger partial charge on any atom is 0.305 e. The van der Waals surface area contributed by atoms with Gasteiger partial charge in [-0.15, -0.1) is 10.2 Å². The first-order valence-corrected chi connectivity index (χ1v) is 5.40. The van der Waals surface area contributed by atoms with Crippen LogP contribution in [0.2, 0.25) is 0 Å². The zero-order valence-corrected chi connectivity index (χ0v) is 10.3. The third-order valence-corrected chi connectivity index (χ3v) is 2.25. The summed E-state index contributed by atoms with van der Waals surface area (Å²) < 4.78 is 1.89. The fourth-order valence-corrected chi connectivity index (χ4v) is 1.53. The van der Waals surface area contributed by atoms with E-state index in [1.807, 2.05) is 11.5 Å². The summed E-state index contributed by atoms with van der Waals surface area (Å²) in [7, 11) is 0. The minimum atomic E-state index is -0.796. The van der Waals surface area contributed by atoms with Crippen molar-refractivity contribution in [2.45, 2.75) is 47.1 Å². The zero-order chi connectivity index (χ0) is 12.3. The van der Waals surface area contributed by atoms with E-state index in [4.69, 9.17) is 5.11 Å². The van der Waals surface area contributed by atoms with Crippen molar-refractivity contribution in [1.29, 1.82) is 0 Å². The molecule has 0 amide bonds. The van der Waals surface area contributed by atoms with Gasteiger partial charge >= 0.3 is 5.97 Å². The largest absolute Gasteiger partial charge is 0.481 e. The molecule has 1 heterocycles. The number of aromatic nitrogens is 3. The van der Waals surface area contributed by atoms with Crippen LogP contribution in [0.1, 0.15) is 38.8 Å². The average Bonchev–Trinajstić information content (AvgIpc) is 2.41. The molecule has 16 heavy (non-hydrogen) atoms. The van der Waals surface area contributed by atoms with E-state index in [1.54, 1.807) is 0 Å². The lowest BCUT2D eigenvalue weighted by Crippen LogP contribution is -2.16. The van der Waals surface area contributed by atoms with E-state index in [0.29, 0.717) is 6.54 Å². The summed E-state index contributed by atoms with van der Waals surface area (Å²) in [6, 6.07) is 0. The SMILES string of the molecule is Cc1nnc(CC(C)(C)C)n1CCC(=O)O. The monoisotopic (exact) mass is 225 g/mol. The van der Waals surface area contributed by atoms with Crippen LogP contribution < -0.4 is 0 Å². The molecule has 1 aromatic rings. The molecule has 0 aliphatic heterocycles. The summed E-state index contributed by atoms with van der Waals surface area (Å²) >= 11 is 0. The lowest BCUT2D eigenvalue weighted by molar-refractivity contribution is -0.137. The Morgan fingerprint density at radius 1 is 1.38 bits per heavy atom. The predicted molar refractivity (Wildman–Crippen MR) is 60.2 cm³/mol. The van der Waals surface area contributed by atoms with Crippen LogP contribution in [-0.4, -0.2) is 25.8 Å². The van der Waals surface area contributed by atoms with Crippen molar-refractivity contribution in [3.05, 3.63) is 11.6 Å². The highest BCUT2D eigenvalue weighted by Crippen LogP contribution is 2.19. The minimum Gasteiger partial charge on any atom is -0.481 e. The molecular formula is C11H19N3O2. The Hall–Kier alpha value is -1.39. The molecule has 0 unspecified atom stereocenters. The third kappa shape index (κ3) is 3.64. The van der Waals surface area contributed by atoms with Crippen LogP contribution in [0.15, 0.2) is 0 Å². The van der Waals surface area contributed by atoms with E-state index < -0.39 is 5.97 Å². The second-order valence-electron chi connectivity index (χ2n) is 5.20. The molecule has 1 aromatic heterocycles. The second-order valence-corrected chi connectivity index (χ2v) is 5.20. The van der Waals surface area contributed by atoms with E-state index in [9.17, 15) is 4.79 Å². The van der Waals surface area contributed by atoms with Crippen LogP contribution in [0.4, 0.5) is 0 Å². The van der Waals surface area contributed by atoms with Crippen LogP contribution in [0.3, 0.4) is 0 Å². The van der Waals surface area contributed by atoms with Crippen molar-refractivity contribution in [3.8, 4) is 0 Å². The van der Waals surface area contributed by atoms with Gasteiger partial charge in [-0.05, 0) is 12.3 Å². The van der Waals surface area contributed by atoms with Crippen molar-refractivity contribution < 1.29 is 9.90 Å². The normalized spacial score (nSPS) is 11.8. The van der Waals surface area contributed by atoms with Gasteiger partial charge in [-0.3, -0.25) is 4.79 Å². The van der Waals surface area contributed by atoms with Gasteiger partial charge in [0.1, 0.15) is 11.6 Å². The first-order valence-electron chi connectivity index (χ1n) is 5.40. The zero-order valence-electron chi connectivity index (χ0n) is 10.3. The van der Waals surface area contributed by atoms with Gasteiger partial charge < -0.3 is 9.67 Å². The lowest BCUT2D eigenvalue weighted by Gasteiger charge is -2.18. The molecule has 90 valence electrons. The van der Waals surface area contributed by atoms with Crippen molar-refractivity contribution in [1.82, 2.24) is 14.8 Å². The Balaban J connectivity index is 2.81. The minimum absolute atomic E-state index is 0.107. The molecule has 0 atom stereocenters. The molecule has 0 aliphatic carbocycles. The number of hydrogen-bond acceptors (Lipinski definition) is 3. The van der Waals surface area contributed by atoms with Crippen LogP contribution >= 0.6 is 0 Å². The summed E-state index contributed by atoms with van der Waals surface area (Å²) in [6.07, 6.45) is 0.906. The number of carboxylic acids is 1. The molecule has 0 fully saturated rings. The summed E-state index contributed by atoms with van der Waals surface area (Å²) in [5.41, 5.74) is 0.125. The molecule has 0 saturated carbocycles. The Labute approximate surface area is 95.5 Å². The quantitative estimate of drug-likeness (QED) is 0.846. The molecule has 1 N–H and O–H groups in total. The smallest absolute Gasteiger partial charge is 0.305 e. The molecule has 0 saturated heterocycles. The Kier molecular flexibility index (Phi) is 3.67. The summed E-state index contributed by atoms with van der Waals surface area (Å²) in [6.45, 7) is 8.66. The molecule has 0 bridgehead atoms. The van der Waals surface area contributed by atoms with Crippen LogP contribution in [-0.2, 0) is 17.8 Å². The standard InChI is InChI=1S/C11H19N3O2/c1-8-12-13-9(7-11(2,3)4)14(8)6-5-10(15)16/h5-7H2,1-4H3,(H,15,16). The van der Waals surface area contributed by atoms with E-state index in [1.165, 1.54) is 0 Å². The van der Waals surface area contributed by atoms with Crippen LogP contribution in [0.5, 0.6) is 0 Å². The van der Waals surface area contributed by atoms with Crippen LogP contribution in [0.25, 0.3) is 0 Å². The van der Waals surface area contributed by atoms with E-state index in [0.717, 1.165) is 18.1 Å². The Morgan fingerprint density at radius 2 is 2.00 bits per heavy atom. The van der Waals surface area contributed by atoms with Gasteiger partial charge in [0.05, 0.1) is 6.42 Å². The first kappa shape index (κ1) is 12.7. The molecule has 0 radical (unpaired) electrons. The van der Waals surface area contributed by atoms with Gasteiger partial charge in [-0.25, -0.2) is 0 Å². The average molecular weight is 225 g/mol. The molecular weight excluding hydrogens is 206 g/mol. The molecule has 0 aromatic carbocycles. The molecule has 5 nitrogen and oxygen atoms in total. The van der Waals surface area contributed by atoms with Crippen LogP contribution in [0, 0.1) is 12.3 Å². The van der Waals surface area contributed by atoms with Gasteiger partial charge in [-0.1, -0.05) is 20.8 Å². The molecule has 5 heteroatoms. The molecule has 0 aliphatic rings. The highest BCUT2D eigenvalue weighted by Gasteiger charge is 2.17. The number of rotatable bonds is 4. The number of aryl methyl sites for hydroxylation is 1. The van der Waals surface area contributed by atoms with Crippen molar-refractivity contribution in [2.24, 2.45) is 5.41 Å². The maximum absolute atomic E-state index is 10.5. The van der Waals surface area contributed by atoms with Gasteiger partial charge in [0.25, 0.3) is 0 Å². The topological polar surface area (TPSA) is 68.0 Å². The number of carboxylic acid groups (broad SMARTS) is 1. The number of aliphatic carboxylic acids is 1. The first-order chi connectivity index (χ1) is 7.29. The molecule has 1 rings (SSSR count). The van der Waals surface area contributed by atoms with Gasteiger partial charge in [0.15, 0.2) is 0 Å². The van der Waals surface area contributed by atoms with Crippen molar-refractivity contribution in [3.63, 3.8) is 0 Å². The predicted octanol–water partition coefficient (Wildman–Crippen LogP) is 1.65. The fraction of sp³-hybridized carbons (Fsp3) is 0.727. The van der Waals surface area contributed by atoms with E-state index in [-0.39, 0.29) is 11.8 Å². The number of hydrogen-bond donors (Lipinski definition) is 1.